The normalized spacial score (nSPS) is 15.0. The highest BCUT2D eigenvalue weighted by Gasteiger charge is 2.88. The summed E-state index contributed by atoms with van der Waals surface area (Å²) in [5.74, 6) is -42.4. The average molecular weight is 338 g/mol. The Bertz CT molecular complexity index is 415. The van der Waals surface area contributed by atoms with Crippen LogP contribution in [0.2, 0.25) is 0 Å². The van der Waals surface area contributed by atoms with E-state index in [9.17, 15) is 53.5 Å². The minimum Gasteiger partial charge on any atom is -0.477 e. The van der Waals surface area contributed by atoms with Gasteiger partial charge in [-0.15, -0.1) is 0 Å². The summed E-state index contributed by atoms with van der Waals surface area (Å²) in [6.07, 6.45) is 0. The van der Waals surface area contributed by atoms with Crippen LogP contribution in [0, 0.1) is 0 Å². The Labute approximate surface area is 108 Å². The molecule has 1 N–H and O–H groups in total. The van der Waals surface area contributed by atoms with Crippen LogP contribution in [-0.2, 0) is 9.59 Å². The third kappa shape index (κ3) is 2.31. The molecule has 13 heteroatoms. The van der Waals surface area contributed by atoms with Gasteiger partial charge < -0.3 is 5.11 Å². The van der Waals surface area contributed by atoms with E-state index in [2.05, 4.69) is 0 Å². The second-order valence-electron chi connectivity index (χ2n) is 3.73. The molecule has 0 aromatic heterocycles. The van der Waals surface area contributed by atoms with Gasteiger partial charge in [-0.3, -0.25) is 4.79 Å². The van der Waals surface area contributed by atoms with Crippen molar-refractivity contribution in [3.05, 3.63) is 0 Å². The summed E-state index contributed by atoms with van der Waals surface area (Å²) in [4.78, 5) is 19.9. The number of ketones is 1. The van der Waals surface area contributed by atoms with E-state index in [4.69, 9.17) is 5.11 Å². The number of hydrogen-bond acceptors (Lipinski definition) is 2. The summed E-state index contributed by atoms with van der Waals surface area (Å²) < 4.78 is 127. The summed E-state index contributed by atoms with van der Waals surface area (Å²) in [6.45, 7) is -0.378. The molecule has 0 bridgehead atoms. The molecule has 0 aromatic rings. The number of hydrogen-bond donors (Lipinski definition) is 1. The largest absolute Gasteiger partial charge is 0.477 e. The Kier molecular flexibility index (Phi) is 4.38. The zero-order chi connectivity index (χ0) is 17.7. The van der Waals surface area contributed by atoms with Gasteiger partial charge in [-0.05, 0) is 0 Å². The molecule has 3 nitrogen and oxygen atoms in total. The van der Waals surface area contributed by atoms with Gasteiger partial charge in [0.15, 0.2) is 0 Å². The number of rotatable bonds is 6. The van der Waals surface area contributed by atoms with Crippen LogP contribution in [0.4, 0.5) is 43.9 Å². The fraction of sp³-hybridized carbons (Fsp3) is 0.750. The lowest BCUT2D eigenvalue weighted by atomic mass is 9.93. The molecule has 0 saturated carbocycles. The van der Waals surface area contributed by atoms with Gasteiger partial charge in [-0.1, -0.05) is 0 Å². The van der Waals surface area contributed by atoms with E-state index in [1.54, 1.807) is 0 Å². The van der Waals surface area contributed by atoms with E-state index in [-0.39, 0.29) is 6.92 Å². The Morgan fingerprint density at radius 2 is 0.952 bits per heavy atom. The van der Waals surface area contributed by atoms with E-state index in [1.165, 1.54) is 0 Å². The number of carbonyl (C=O) groups is 2. The minimum absolute atomic E-state index is 0.378. The smallest absolute Gasteiger partial charge is 0.410 e. The standard InChI is InChI=1S/C8H4F10O3/c1-2(19)4(9,10)6(13,14)8(17,18)7(15,16)5(11,12)3(20)21/h1H3,(H,20,21). The summed E-state index contributed by atoms with van der Waals surface area (Å²) in [5, 5.41) is 7.66. The van der Waals surface area contributed by atoms with Crippen molar-refractivity contribution in [1.82, 2.24) is 0 Å². The second-order valence-corrected chi connectivity index (χ2v) is 3.73. The number of alkyl halides is 10. The minimum atomic E-state index is -7.54. The SMILES string of the molecule is CC(=O)C(F)(F)C(F)(F)C(F)(F)C(F)(F)C(F)(F)C(=O)O. The van der Waals surface area contributed by atoms with Crippen LogP contribution in [0.5, 0.6) is 0 Å². The van der Waals surface area contributed by atoms with Crippen LogP contribution in [0.15, 0.2) is 0 Å². The molecule has 0 rings (SSSR count). The fourth-order valence-electron chi connectivity index (χ4n) is 0.947. The van der Waals surface area contributed by atoms with Crippen LogP contribution in [0.1, 0.15) is 6.92 Å². The number of Topliss-reactive ketones (excluding diaryl/α,β-unsaturated/α-hetero) is 1. The Hall–Kier alpha value is -1.56. The first-order chi connectivity index (χ1) is 8.89. The van der Waals surface area contributed by atoms with Crippen molar-refractivity contribution in [3.63, 3.8) is 0 Å². The lowest BCUT2D eigenvalue weighted by Gasteiger charge is -2.37. The van der Waals surface area contributed by atoms with Crippen molar-refractivity contribution in [2.45, 2.75) is 36.5 Å². The highest BCUT2D eigenvalue weighted by molar-refractivity contribution is 5.84. The molecular weight excluding hydrogens is 334 g/mol. The molecule has 0 saturated heterocycles. The quantitative estimate of drug-likeness (QED) is 0.758. The first kappa shape index (κ1) is 19.4. The lowest BCUT2D eigenvalue weighted by molar-refractivity contribution is -0.389. The molecule has 0 unspecified atom stereocenters. The van der Waals surface area contributed by atoms with Crippen molar-refractivity contribution in [1.29, 1.82) is 0 Å². The Balaban J connectivity index is 6.21. The van der Waals surface area contributed by atoms with Gasteiger partial charge in [0.1, 0.15) is 0 Å². The lowest BCUT2D eigenvalue weighted by Crippen LogP contribution is -2.69. The van der Waals surface area contributed by atoms with Gasteiger partial charge in [-0.2, -0.15) is 43.9 Å². The van der Waals surface area contributed by atoms with Crippen LogP contribution in [0.25, 0.3) is 0 Å². The zero-order valence-electron chi connectivity index (χ0n) is 9.54. The van der Waals surface area contributed by atoms with Gasteiger partial charge in [0.25, 0.3) is 0 Å². The molecular formula is C8H4F10O3. The maximum absolute atomic E-state index is 12.8. The van der Waals surface area contributed by atoms with Crippen LogP contribution < -0.4 is 0 Å². The molecule has 0 aliphatic carbocycles. The predicted octanol–water partition coefficient (Wildman–Crippen LogP) is 2.84. The number of halogens is 10. The highest BCUT2D eigenvalue weighted by Crippen LogP contribution is 2.57. The highest BCUT2D eigenvalue weighted by atomic mass is 19.4. The molecule has 0 aromatic carbocycles. The van der Waals surface area contributed by atoms with Gasteiger partial charge >= 0.3 is 35.6 Å². The molecule has 0 aliphatic rings. The van der Waals surface area contributed by atoms with Gasteiger partial charge in [0.2, 0.25) is 5.78 Å². The topological polar surface area (TPSA) is 54.4 Å². The number of carboxylic acid groups (broad SMARTS) is 1. The number of carbonyl (C=O) groups excluding carboxylic acids is 1. The van der Waals surface area contributed by atoms with Gasteiger partial charge in [0, 0.05) is 6.92 Å². The van der Waals surface area contributed by atoms with Crippen molar-refractivity contribution < 1.29 is 58.6 Å². The summed E-state index contributed by atoms with van der Waals surface area (Å²) >= 11 is 0. The van der Waals surface area contributed by atoms with Crippen molar-refractivity contribution in [2.24, 2.45) is 0 Å². The van der Waals surface area contributed by atoms with Gasteiger partial charge in [-0.25, -0.2) is 4.79 Å². The number of carboxylic acids is 1. The predicted molar refractivity (Wildman–Crippen MR) is 43.1 cm³/mol. The van der Waals surface area contributed by atoms with E-state index in [1.807, 2.05) is 0 Å². The van der Waals surface area contributed by atoms with Crippen molar-refractivity contribution in [3.8, 4) is 0 Å². The molecule has 0 heterocycles. The van der Waals surface area contributed by atoms with E-state index < -0.39 is 41.4 Å². The van der Waals surface area contributed by atoms with Crippen molar-refractivity contribution in [2.75, 3.05) is 0 Å². The van der Waals surface area contributed by atoms with E-state index in [0.29, 0.717) is 0 Å². The van der Waals surface area contributed by atoms with E-state index in [0.717, 1.165) is 0 Å². The third-order valence-corrected chi connectivity index (χ3v) is 2.29. The molecule has 0 aliphatic heterocycles. The number of aliphatic carboxylic acids is 1. The fourth-order valence-corrected chi connectivity index (χ4v) is 0.947. The molecule has 0 fully saturated rings. The molecule has 0 spiro atoms. The molecule has 0 atom stereocenters. The molecule has 0 amide bonds. The third-order valence-electron chi connectivity index (χ3n) is 2.29. The van der Waals surface area contributed by atoms with Crippen LogP contribution in [-0.4, -0.2) is 46.5 Å². The average Bonchev–Trinajstić information content (AvgIpc) is 2.27. The second kappa shape index (κ2) is 4.73. The summed E-state index contributed by atoms with van der Waals surface area (Å²) in [5.41, 5.74) is 0. The van der Waals surface area contributed by atoms with Crippen molar-refractivity contribution >= 4 is 11.8 Å². The summed E-state index contributed by atoms with van der Waals surface area (Å²) in [7, 11) is 0. The monoisotopic (exact) mass is 338 g/mol. The molecule has 124 valence electrons. The maximum Gasteiger partial charge on any atom is 0.410 e. The van der Waals surface area contributed by atoms with Gasteiger partial charge in [0.05, 0.1) is 0 Å². The Morgan fingerprint density at radius 1 is 0.667 bits per heavy atom. The zero-order valence-corrected chi connectivity index (χ0v) is 9.54. The Morgan fingerprint density at radius 3 is 1.19 bits per heavy atom. The molecule has 21 heavy (non-hydrogen) atoms. The first-order valence-electron chi connectivity index (χ1n) is 4.52. The summed E-state index contributed by atoms with van der Waals surface area (Å²) in [6, 6.07) is 0. The van der Waals surface area contributed by atoms with Crippen LogP contribution >= 0.6 is 0 Å². The van der Waals surface area contributed by atoms with Crippen LogP contribution in [0.3, 0.4) is 0 Å². The molecule has 0 radical (unpaired) electrons. The van der Waals surface area contributed by atoms with E-state index >= 15 is 0 Å². The first-order valence-corrected chi connectivity index (χ1v) is 4.52. The maximum atomic E-state index is 12.8.